The molecule has 0 aliphatic heterocycles. The molecule has 2 aromatic carbocycles. The Labute approximate surface area is 133 Å². The minimum Gasteiger partial charge on any atom is -0.497 e. The van der Waals surface area contributed by atoms with Crippen LogP contribution in [0.3, 0.4) is 0 Å². The molecule has 0 heterocycles. The molecule has 0 saturated carbocycles. The van der Waals surface area contributed by atoms with Crippen LogP contribution in [0.5, 0.6) is 11.5 Å². The molecule has 122 valence electrons. The first kappa shape index (κ1) is 16.9. The van der Waals surface area contributed by atoms with E-state index in [4.69, 9.17) is 9.47 Å². The van der Waals surface area contributed by atoms with E-state index in [1.165, 1.54) is 12.1 Å². The van der Waals surface area contributed by atoms with Gasteiger partial charge in [0.2, 0.25) is 0 Å². The quantitative estimate of drug-likeness (QED) is 0.713. The minimum absolute atomic E-state index is 0.649. The average Bonchev–Trinajstić information content (AvgIpc) is 2.53. The van der Waals surface area contributed by atoms with Gasteiger partial charge in [0.05, 0.1) is 19.8 Å². The molecule has 2 aromatic rings. The molecule has 0 radical (unpaired) electrons. The number of rotatable bonds is 4. The van der Waals surface area contributed by atoms with Crippen LogP contribution in [0.15, 0.2) is 42.5 Å². The first-order valence-corrected chi connectivity index (χ1v) is 6.92. The molecule has 0 unspecified atom stereocenters. The molecule has 0 N–H and O–H groups in total. The fourth-order valence-electron chi connectivity index (χ4n) is 2.17. The molecule has 0 aliphatic rings. The Hall–Kier alpha value is -2.43. The van der Waals surface area contributed by atoms with Crippen molar-refractivity contribution in [3.63, 3.8) is 0 Å². The maximum atomic E-state index is 12.6. The second-order valence-corrected chi connectivity index (χ2v) is 5.05. The lowest BCUT2D eigenvalue weighted by Crippen LogP contribution is -2.04. The van der Waals surface area contributed by atoms with Crippen molar-refractivity contribution in [2.45, 2.75) is 13.1 Å². The zero-order valence-electron chi connectivity index (χ0n) is 13.1. The summed E-state index contributed by atoms with van der Waals surface area (Å²) in [6.45, 7) is 1.84. The second kappa shape index (κ2) is 6.77. The molecule has 2 nitrogen and oxygen atoms in total. The van der Waals surface area contributed by atoms with E-state index in [0.29, 0.717) is 11.5 Å². The van der Waals surface area contributed by atoms with Gasteiger partial charge in [-0.1, -0.05) is 18.2 Å². The van der Waals surface area contributed by atoms with Gasteiger partial charge in [-0.25, -0.2) is 0 Å². The summed E-state index contributed by atoms with van der Waals surface area (Å²) >= 11 is 0. The van der Waals surface area contributed by atoms with Gasteiger partial charge in [-0.05, 0) is 47.9 Å². The standard InChI is InChI=1S/C18H17F3O2/c1-12(14-4-6-15(7-5-14)18(19,20)21)8-13-9-16(22-2)11-17(10-13)23-3/h4-11H,1-3H3/b12-8+. The maximum Gasteiger partial charge on any atom is 0.416 e. The van der Waals surface area contributed by atoms with Crippen molar-refractivity contribution in [2.75, 3.05) is 14.2 Å². The van der Waals surface area contributed by atoms with Crippen LogP contribution in [0.4, 0.5) is 13.2 Å². The highest BCUT2D eigenvalue weighted by Gasteiger charge is 2.29. The molecular weight excluding hydrogens is 305 g/mol. The highest BCUT2D eigenvalue weighted by Crippen LogP contribution is 2.31. The fourth-order valence-corrected chi connectivity index (χ4v) is 2.17. The van der Waals surface area contributed by atoms with E-state index in [0.717, 1.165) is 28.8 Å². The number of ether oxygens (including phenoxy) is 2. The lowest BCUT2D eigenvalue weighted by atomic mass is 10.0. The van der Waals surface area contributed by atoms with Gasteiger partial charge >= 0.3 is 6.18 Å². The van der Waals surface area contributed by atoms with Gasteiger partial charge in [0.15, 0.2) is 0 Å². The van der Waals surface area contributed by atoms with Gasteiger partial charge < -0.3 is 9.47 Å². The van der Waals surface area contributed by atoms with E-state index in [9.17, 15) is 13.2 Å². The normalized spacial score (nSPS) is 12.2. The van der Waals surface area contributed by atoms with E-state index in [1.54, 1.807) is 20.3 Å². The Morgan fingerprint density at radius 3 is 1.87 bits per heavy atom. The number of allylic oxidation sites excluding steroid dienone is 1. The van der Waals surface area contributed by atoms with Crippen LogP contribution in [0, 0.1) is 0 Å². The minimum atomic E-state index is -4.32. The molecule has 2 rings (SSSR count). The SMILES string of the molecule is COc1cc(/C=C(\C)c2ccc(C(F)(F)F)cc2)cc(OC)c1. The third-order valence-corrected chi connectivity index (χ3v) is 3.42. The van der Waals surface area contributed by atoms with Crippen LogP contribution >= 0.6 is 0 Å². The van der Waals surface area contributed by atoms with E-state index >= 15 is 0 Å². The maximum absolute atomic E-state index is 12.6. The smallest absolute Gasteiger partial charge is 0.416 e. The average molecular weight is 322 g/mol. The Morgan fingerprint density at radius 2 is 1.43 bits per heavy atom. The summed E-state index contributed by atoms with van der Waals surface area (Å²) in [5.74, 6) is 1.30. The summed E-state index contributed by atoms with van der Waals surface area (Å²) in [4.78, 5) is 0. The van der Waals surface area contributed by atoms with Crippen LogP contribution in [-0.4, -0.2) is 14.2 Å². The monoisotopic (exact) mass is 322 g/mol. The van der Waals surface area contributed by atoms with Crippen molar-refractivity contribution in [1.82, 2.24) is 0 Å². The molecule has 0 fully saturated rings. The molecule has 5 heteroatoms. The van der Waals surface area contributed by atoms with Crippen LogP contribution in [0.2, 0.25) is 0 Å². The largest absolute Gasteiger partial charge is 0.497 e. The van der Waals surface area contributed by atoms with Crippen molar-refractivity contribution in [3.8, 4) is 11.5 Å². The van der Waals surface area contributed by atoms with Gasteiger partial charge in [-0.15, -0.1) is 0 Å². The third kappa shape index (κ3) is 4.28. The molecule has 0 spiro atoms. The van der Waals surface area contributed by atoms with Gasteiger partial charge in [0, 0.05) is 6.07 Å². The molecule has 0 saturated heterocycles. The van der Waals surface area contributed by atoms with E-state index in [1.807, 2.05) is 25.1 Å². The number of methoxy groups -OCH3 is 2. The van der Waals surface area contributed by atoms with Gasteiger partial charge in [0.1, 0.15) is 11.5 Å². The van der Waals surface area contributed by atoms with E-state index in [-0.39, 0.29) is 0 Å². The first-order valence-electron chi connectivity index (χ1n) is 6.92. The Morgan fingerprint density at radius 1 is 0.913 bits per heavy atom. The van der Waals surface area contributed by atoms with Crippen molar-refractivity contribution >= 4 is 11.6 Å². The molecule has 0 aromatic heterocycles. The first-order chi connectivity index (χ1) is 10.8. The Balaban J connectivity index is 2.32. The summed E-state index contributed by atoms with van der Waals surface area (Å²) < 4.78 is 48.2. The van der Waals surface area contributed by atoms with Gasteiger partial charge in [-0.2, -0.15) is 13.2 Å². The zero-order valence-corrected chi connectivity index (χ0v) is 13.1. The predicted octanol–water partition coefficient (Wildman–Crippen LogP) is 5.28. The predicted molar refractivity (Wildman–Crippen MR) is 84.5 cm³/mol. The number of halogens is 3. The Kier molecular flexibility index (Phi) is 4.98. The third-order valence-electron chi connectivity index (χ3n) is 3.42. The molecule has 0 amide bonds. The highest BCUT2D eigenvalue weighted by molar-refractivity contribution is 5.80. The van der Waals surface area contributed by atoms with Crippen molar-refractivity contribution < 1.29 is 22.6 Å². The summed E-state index contributed by atoms with van der Waals surface area (Å²) in [5, 5.41) is 0. The van der Waals surface area contributed by atoms with Crippen LogP contribution in [0.1, 0.15) is 23.6 Å². The molecule has 0 bridgehead atoms. The van der Waals surface area contributed by atoms with Crippen LogP contribution < -0.4 is 9.47 Å². The molecule has 0 atom stereocenters. The van der Waals surface area contributed by atoms with E-state index < -0.39 is 11.7 Å². The number of benzene rings is 2. The second-order valence-electron chi connectivity index (χ2n) is 5.05. The fraction of sp³-hybridized carbons (Fsp3) is 0.222. The molecule has 0 aliphatic carbocycles. The number of alkyl halides is 3. The van der Waals surface area contributed by atoms with Crippen LogP contribution in [-0.2, 0) is 6.18 Å². The molecular formula is C18H17F3O2. The van der Waals surface area contributed by atoms with Crippen LogP contribution in [0.25, 0.3) is 11.6 Å². The summed E-state index contributed by atoms with van der Waals surface area (Å²) in [7, 11) is 3.12. The van der Waals surface area contributed by atoms with Gasteiger partial charge in [-0.3, -0.25) is 0 Å². The highest BCUT2D eigenvalue weighted by atomic mass is 19.4. The topological polar surface area (TPSA) is 18.5 Å². The lowest BCUT2D eigenvalue weighted by Gasteiger charge is -2.09. The molecule has 23 heavy (non-hydrogen) atoms. The van der Waals surface area contributed by atoms with Crippen molar-refractivity contribution in [1.29, 1.82) is 0 Å². The number of hydrogen-bond acceptors (Lipinski definition) is 2. The number of hydrogen-bond donors (Lipinski definition) is 0. The van der Waals surface area contributed by atoms with Crippen molar-refractivity contribution in [2.24, 2.45) is 0 Å². The summed E-state index contributed by atoms with van der Waals surface area (Å²) in [5.41, 5.74) is 1.75. The zero-order chi connectivity index (χ0) is 17.0. The summed E-state index contributed by atoms with van der Waals surface area (Å²) in [6, 6.07) is 10.5. The van der Waals surface area contributed by atoms with E-state index in [2.05, 4.69) is 0 Å². The summed E-state index contributed by atoms with van der Waals surface area (Å²) in [6.07, 6.45) is -2.45. The Bertz CT molecular complexity index is 679. The van der Waals surface area contributed by atoms with Gasteiger partial charge in [0.25, 0.3) is 0 Å². The van der Waals surface area contributed by atoms with Crippen molar-refractivity contribution in [3.05, 3.63) is 59.2 Å². The lowest BCUT2D eigenvalue weighted by molar-refractivity contribution is -0.137.